The summed E-state index contributed by atoms with van der Waals surface area (Å²) >= 11 is 0. The van der Waals surface area contributed by atoms with Crippen molar-refractivity contribution in [3.05, 3.63) is 30.0 Å². The second-order valence-electron chi connectivity index (χ2n) is 5.14. The Bertz CT molecular complexity index is 592. The summed E-state index contributed by atoms with van der Waals surface area (Å²) in [4.78, 5) is 12.3. The zero-order chi connectivity index (χ0) is 13.2. The molecule has 1 aliphatic heterocycles. The zero-order valence-electron chi connectivity index (χ0n) is 10.9. The van der Waals surface area contributed by atoms with Crippen LogP contribution in [-0.4, -0.2) is 34.7 Å². The number of H-pyrrole nitrogens is 1. The molecule has 1 aromatic carbocycles. The first kappa shape index (κ1) is 12.2. The largest absolute Gasteiger partial charge is 0.348 e. The van der Waals surface area contributed by atoms with Crippen LogP contribution in [0.2, 0.25) is 0 Å². The lowest BCUT2D eigenvalue weighted by Gasteiger charge is -2.30. The number of piperidine rings is 1. The Morgan fingerprint density at radius 1 is 1.47 bits per heavy atom. The first-order chi connectivity index (χ1) is 9.24. The smallest absolute Gasteiger partial charge is 0.251 e. The number of hydrogen-bond donors (Lipinski definition) is 3. The minimum Gasteiger partial charge on any atom is -0.348 e. The molecule has 100 valence electrons. The molecule has 3 rings (SSSR count). The number of aromatic amines is 1. The van der Waals surface area contributed by atoms with Crippen molar-refractivity contribution >= 4 is 16.8 Å². The highest BCUT2D eigenvalue weighted by atomic mass is 16.1. The predicted molar refractivity (Wildman–Crippen MR) is 74.0 cm³/mol. The van der Waals surface area contributed by atoms with Gasteiger partial charge >= 0.3 is 0 Å². The van der Waals surface area contributed by atoms with Gasteiger partial charge in [0.1, 0.15) is 0 Å². The number of carbonyl (C=O) groups is 1. The fourth-order valence-corrected chi connectivity index (χ4v) is 2.57. The second-order valence-corrected chi connectivity index (χ2v) is 5.14. The molecule has 3 N–H and O–H groups in total. The molecule has 1 aliphatic rings. The minimum atomic E-state index is -0.0166. The predicted octanol–water partition coefficient (Wildman–Crippen LogP) is 1.43. The highest BCUT2D eigenvalue weighted by Gasteiger charge is 2.22. The molecular formula is C14H18N4O. The number of nitrogens with zero attached hydrogens (tertiary/aromatic N) is 1. The SMILES string of the molecule is CC1NCCCC1NC(=O)c1ccc2cn[nH]c2c1. The van der Waals surface area contributed by atoms with Gasteiger partial charge in [0, 0.05) is 23.0 Å². The molecule has 2 heterocycles. The Kier molecular flexibility index (Phi) is 3.21. The van der Waals surface area contributed by atoms with Gasteiger partial charge in [-0.2, -0.15) is 5.10 Å². The molecule has 0 aliphatic carbocycles. The van der Waals surface area contributed by atoms with E-state index in [1.807, 2.05) is 18.2 Å². The van der Waals surface area contributed by atoms with Crippen LogP contribution >= 0.6 is 0 Å². The van der Waals surface area contributed by atoms with E-state index in [-0.39, 0.29) is 11.9 Å². The van der Waals surface area contributed by atoms with Crippen molar-refractivity contribution in [2.45, 2.75) is 31.8 Å². The molecule has 1 saturated heterocycles. The highest BCUT2D eigenvalue weighted by molar-refractivity contribution is 5.97. The van der Waals surface area contributed by atoms with Crippen LogP contribution in [0.4, 0.5) is 0 Å². The van der Waals surface area contributed by atoms with Gasteiger partial charge in [0.25, 0.3) is 5.91 Å². The molecule has 1 amide bonds. The molecule has 0 saturated carbocycles. The Morgan fingerprint density at radius 3 is 3.21 bits per heavy atom. The van der Waals surface area contributed by atoms with E-state index in [4.69, 9.17) is 0 Å². The molecule has 1 aromatic heterocycles. The van der Waals surface area contributed by atoms with Crippen LogP contribution in [0.1, 0.15) is 30.1 Å². The molecule has 5 nitrogen and oxygen atoms in total. The maximum atomic E-state index is 12.3. The summed E-state index contributed by atoms with van der Waals surface area (Å²) in [6.07, 6.45) is 3.89. The second kappa shape index (κ2) is 5.01. The van der Waals surface area contributed by atoms with Crippen molar-refractivity contribution in [3.63, 3.8) is 0 Å². The third-order valence-electron chi connectivity index (χ3n) is 3.78. The monoisotopic (exact) mass is 258 g/mol. The van der Waals surface area contributed by atoms with Crippen LogP contribution in [0.5, 0.6) is 0 Å². The number of amides is 1. The van der Waals surface area contributed by atoms with Crippen LogP contribution in [0.15, 0.2) is 24.4 Å². The molecule has 2 unspecified atom stereocenters. The van der Waals surface area contributed by atoms with Gasteiger partial charge in [-0.15, -0.1) is 0 Å². The van der Waals surface area contributed by atoms with Gasteiger partial charge in [-0.3, -0.25) is 9.89 Å². The van der Waals surface area contributed by atoms with E-state index in [1.165, 1.54) is 0 Å². The molecule has 5 heteroatoms. The number of benzene rings is 1. The number of aromatic nitrogens is 2. The van der Waals surface area contributed by atoms with Gasteiger partial charge in [-0.05, 0) is 38.4 Å². The Morgan fingerprint density at radius 2 is 2.37 bits per heavy atom. The quantitative estimate of drug-likeness (QED) is 0.763. The van der Waals surface area contributed by atoms with Gasteiger partial charge < -0.3 is 10.6 Å². The van der Waals surface area contributed by atoms with Crippen molar-refractivity contribution in [2.24, 2.45) is 0 Å². The maximum absolute atomic E-state index is 12.3. The number of carbonyl (C=O) groups excluding carboxylic acids is 1. The summed E-state index contributed by atoms with van der Waals surface area (Å²) in [5, 5.41) is 14.4. The third-order valence-corrected chi connectivity index (χ3v) is 3.78. The number of hydrogen-bond acceptors (Lipinski definition) is 3. The van der Waals surface area contributed by atoms with Crippen molar-refractivity contribution in [3.8, 4) is 0 Å². The Labute approximate surface area is 111 Å². The normalized spacial score (nSPS) is 23.4. The van der Waals surface area contributed by atoms with E-state index in [0.29, 0.717) is 11.6 Å². The fourth-order valence-electron chi connectivity index (χ4n) is 2.57. The number of rotatable bonds is 2. The summed E-state index contributed by atoms with van der Waals surface area (Å²) in [6, 6.07) is 6.13. The van der Waals surface area contributed by atoms with E-state index in [0.717, 1.165) is 30.3 Å². The van der Waals surface area contributed by atoms with Gasteiger partial charge in [0.2, 0.25) is 0 Å². The number of fused-ring (bicyclic) bond motifs is 1. The molecule has 0 bridgehead atoms. The van der Waals surface area contributed by atoms with E-state index in [9.17, 15) is 4.79 Å². The van der Waals surface area contributed by atoms with Gasteiger partial charge in [0.05, 0.1) is 11.7 Å². The van der Waals surface area contributed by atoms with Crippen LogP contribution in [-0.2, 0) is 0 Å². The van der Waals surface area contributed by atoms with Crippen molar-refractivity contribution < 1.29 is 4.79 Å². The zero-order valence-corrected chi connectivity index (χ0v) is 10.9. The van der Waals surface area contributed by atoms with Crippen LogP contribution in [0, 0.1) is 0 Å². The lowest BCUT2D eigenvalue weighted by atomic mass is 9.99. The van der Waals surface area contributed by atoms with E-state index >= 15 is 0 Å². The molecule has 19 heavy (non-hydrogen) atoms. The van der Waals surface area contributed by atoms with Gasteiger partial charge in [-0.25, -0.2) is 0 Å². The van der Waals surface area contributed by atoms with Crippen LogP contribution in [0.3, 0.4) is 0 Å². The molecule has 2 atom stereocenters. The van der Waals surface area contributed by atoms with Crippen molar-refractivity contribution in [1.29, 1.82) is 0 Å². The Balaban J connectivity index is 1.75. The maximum Gasteiger partial charge on any atom is 0.251 e. The topological polar surface area (TPSA) is 69.8 Å². The molecular weight excluding hydrogens is 240 g/mol. The molecule has 0 spiro atoms. The van der Waals surface area contributed by atoms with Gasteiger partial charge in [-0.1, -0.05) is 6.07 Å². The lowest BCUT2D eigenvalue weighted by Crippen LogP contribution is -2.51. The van der Waals surface area contributed by atoms with Crippen molar-refractivity contribution in [1.82, 2.24) is 20.8 Å². The van der Waals surface area contributed by atoms with Gasteiger partial charge in [0.15, 0.2) is 0 Å². The first-order valence-corrected chi connectivity index (χ1v) is 6.71. The molecule has 0 radical (unpaired) electrons. The molecule has 1 fully saturated rings. The van der Waals surface area contributed by atoms with Crippen molar-refractivity contribution in [2.75, 3.05) is 6.54 Å². The standard InChI is InChI=1S/C14H18N4O/c1-9-12(3-2-6-15-9)17-14(19)10-4-5-11-8-16-18-13(11)7-10/h4-5,7-9,12,15H,2-3,6H2,1H3,(H,16,18)(H,17,19). The van der Waals surface area contributed by atoms with E-state index in [2.05, 4.69) is 27.8 Å². The lowest BCUT2D eigenvalue weighted by molar-refractivity contribution is 0.0920. The average Bonchev–Trinajstić information content (AvgIpc) is 2.88. The summed E-state index contributed by atoms with van der Waals surface area (Å²) in [6.45, 7) is 3.15. The fraction of sp³-hybridized carbons (Fsp3) is 0.429. The minimum absolute atomic E-state index is 0.0166. The number of nitrogens with one attached hydrogen (secondary N) is 3. The summed E-state index contributed by atoms with van der Waals surface area (Å²) < 4.78 is 0. The highest BCUT2D eigenvalue weighted by Crippen LogP contribution is 2.14. The van der Waals surface area contributed by atoms with Crippen LogP contribution in [0.25, 0.3) is 10.9 Å². The Hall–Kier alpha value is -1.88. The summed E-state index contributed by atoms with van der Waals surface area (Å²) in [5.74, 6) is -0.0166. The first-order valence-electron chi connectivity index (χ1n) is 6.71. The van der Waals surface area contributed by atoms with Crippen LogP contribution < -0.4 is 10.6 Å². The average molecular weight is 258 g/mol. The molecule has 2 aromatic rings. The van der Waals surface area contributed by atoms with E-state index < -0.39 is 0 Å². The summed E-state index contributed by atoms with van der Waals surface area (Å²) in [5.41, 5.74) is 1.57. The third kappa shape index (κ3) is 2.46. The van der Waals surface area contributed by atoms with E-state index in [1.54, 1.807) is 6.20 Å². The summed E-state index contributed by atoms with van der Waals surface area (Å²) in [7, 11) is 0.